The fourth-order valence-electron chi connectivity index (χ4n) is 3.47. The summed E-state index contributed by atoms with van der Waals surface area (Å²) in [6.45, 7) is 10.5. The summed E-state index contributed by atoms with van der Waals surface area (Å²) in [6.07, 6.45) is 5.78. The second kappa shape index (κ2) is 4.85. The van der Waals surface area contributed by atoms with Crippen molar-refractivity contribution in [2.45, 2.75) is 51.1 Å². The maximum atomic E-state index is 4.27. The van der Waals surface area contributed by atoms with E-state index in [0.29, 0.717) is 5.54 Å². The predicted octanol–water partition coefficient (Wildman–Crippen LogP) is 1.82. The Morgan fingerprint density at radius 2 is 2.10 bits per heavy atom. The van der Waals surface area contributed by atoms with E-state index in [1.54, 1.807) is 0 Å². The molecule has 3 rings (SSSR count). The van der Waals surface area contributed by atoms with Gasteiger partial charge in [-0.15, -0.1) is 0 Å². The number of piperazine rings is 1. The molecule has 1 N–H and O–H groups in total. The van der Waals surface area contributed by atoms with E-state index in [-0.39, 0.29) is 5.54 Å². The van der Waals surface area contributed by atoms with Gasteiger partial charge >= 0.3 is 0 Å². The third-order valence-electron chi connectivity index (χ3n) is 5.34. The normalized spacial score (nSPS) is 30.6. The number of aromatic nitrogens is 2. The standard InChI is InChI=1S/C16H28N4/c1-15(2)11-17-16(3,13-5-6-13)12-20(15)10-8-14-7-9-18-19(14)4/h7,9,13,17H,5-6,8,10-12H2,1-4H3. The third kappa shape index (κ3) is 2.63. The molecule has 112 valence electrons. The van der Waals surface area contributed by atoms with Crippen LogP contribution in [-0.2, 0) is 13.5 Å². The summed E-state index contributed by atoms with van der Waals surface area (Å²) in [5.74, 6) is 0.887. The molecule has 2 fully saturated rings. The molecular weight excluding hydrogens is 248 g/mol. The molecule has 0 radical (unpaired) electrons. The van der Waals surface area contributed by atoms with Crippen LogP contribution < -0.4 is 5.32 Å². The summed E-state index contributed by atoms with van der Waals surface area (Å²) in [7, 11) is 2.03. The topological polar surface area (TPSA) is 33.1 Å². The minimum absolute atomic E-state index is 0.243. The first kappa shape index (κ1) is 14.1. The SMILES string of the molecule is Cn1nccc1CCN1CC(C)(C2CC2)NCC1(C)C. The summed E-state index contributed by atoms with van der Waals surface area (Å²) < 4.78 is 2.00. The fourth-order valence-corrected chi connectivity index (χ4v) is 3.47. The van der Waals surface area contributed by atoms with Crippen LogP contribution in [0.15, 0.2) is 12.3 Å². The largest absolute Gasteiger partial charge is 0.308 e. The zero-order chi connectivity index (χ0) is 14.4. The van der Waals surface area contributed by atoms with Gasteiger partial charge in [-0.25, -0.2) is 0 Å². The van der Waals surface area contributed by atoms with Crippen molar-refractivity contribution in [2.24, 2.45) is 13.0 Å². The first-order valence-electron chi connectivity index (χ1n) is 7.88. The highest BCUT2D eigenvalue weighted by Crippen LogP contribution is 2.42. The Morgan fingerprint density at radius 3 is 2.70 bits per heavy atom. The second-order valence-corrected chi connectivity index (χ2v) is 7.48. The molecule has 1 aromatic rings. The summed E-state index contributed by atoms with van der Waals surface area (Å²) >= 11 is 0. The summed E-state index contributed by atoms with van der Waals surface area (Å²) in [4.78, 5) is 2.68. The molecule has 1 atom stereocenters. The van der Waals surface area contributed by atoms with Gasteiger partial charge in [0.1, 0.15) is 0 Å². The van der Waals surface area contributed by atoms with Gasteiger partial charge in [-0.3, -0.25) is 9.58 Å². The van der Waals surface area contributed by atoms with Crippen LogP contribution in [0.3, 0.4) is 0 Å². The van der Waals surface area contributed by atoms with Gasteiger partial charge in [-0.05, 0) is 45.6 Å². The first-order chi connectivity index (χ1) is 9.41. The Morgan fingerprint density at radius 1 is 1.35 bits per heavy atom. The quantitative estimate of drug-likeness (QED) is 0.910. The van der Waals surface area contributed by atoms with Gasteiger partial charge in [0, 0.05) is 56.1 Å². The highest BCUT2D eigenvalue weighted by molar-refractivity contribution is 5.08. The molecule has 0 aromatic carbocycles. The van der Waals surface area contributed by atoms with Crippen molar-refractivity contribution in [1.82, 2.24) is 20.0 Å². The number of hydrogen-bond acceptors (Lipinski definition) is 3. The number of nitrogens with zero attached hydrogens (tertiary/aromatic N) is 3. The van der Waals surface area contributed by atoms with E-state index < -0.39 is 0 Å². The lowest BCUT2D eigenvalue weighted by atomic mass is 9.86. The lowest BCUT2D eigenvalue weighted by Gasteiger charge is -2.51. The smallest absolute Gasteiger partial charge is 0.0492 e. The predicted molar refractivity (Wildman–Crippen MR) is 81.7 cm³/mol. The summed E-state index contributed by atoms with van der Waals surface area (Å²) in [5.41, 5.74) is 1.89. The van der Waals surface area contributed by atoms with Gasteiger partial charge in [-0.1, -0.05) is 0 Å². The average molecular weight is 276 g/mol. The molecular formula is C16H28N4. The zero-order valence-corrected chi connectivity index (χ0v) is 13.3. The number of nitrogens with one attached hydrogen (secondary N) is 1. The highest BCUT2D eigenvalue weighted by Gasteiger charge is 2.47. The molecule has 0 spiro atoms. The van der Waals surface area contributed by atoms with Crippen molar-refractivity contribution < 1.29 is 0 Å². The van der Waals surface area contributed by atoms with Gasteiger partial charge in [-0.2, -0.15) is 5.10 Å². The molecule has 2 heterocycles. The molecule has 0 bridgehead atoms. The molecule has 1 aliphatic heterocycles. The average Bonchev–Trinajstić information content (AvgIpc) is 3.17. The Kier molecular flexibility index (Phi) is 3.41. The van der Waals surface area contributed by atoms with Crippen LogP contribution in [0.25, 0.3) is 0 Å². The first-order valence-corrected chi connectivity index (χ1v) is 7.88. The van der Waals surface area contributed by atoms with Crippen LogP contribution in [0.4, 0.5) is 0 Å². The Labute approximate surface area is 122 Å². The van der Waals surface area contributed by atoms with E-state index in [2.05, 4.69) is 42.2 Å². The van der Waals surface area contributed by atoms with Gasteiger partial charge in [0.25, 0.3) is 0 Å². The highest BCUT2D eigenvalue weighted by atomic mass is 15.3. The maximum Gasteiger partial charge on any atom is 0.0492 e. The van der Waals surface area contributed by atoms with Crippen molar-refractivity contribution in [3.05, 3.63) is 18.0 Å². The van der Waals surface area contributed by atoms with Crippen molar-refractivity contribution >= 4 is 0 Å². The number of hydrogen-bond donors (Lipinski definition) is 1. The van der Waals surface area contributed by atoms with Crippen molar-refractivity contribution in [1.29, 1.82) is 0 Å². The molecule has 1 saturated carbocycles. The fraction of sp³-hybridized carbons (Fsp3) is 0.812. The van der Waals surface area contributed by atoms with Crippen LogP contribution in [0, 0.1) is 5.92 Å². The minimum Gasteiger partial charge on any atom is -0.308 e. The Balaban J connectivity index is 1.67. The van der Waals surface area contributed by atoms with Crippen LogP contribution in [0.1, 0.15) is 39.3 Å². The maximum absolute atomic E-state index is 4.27. The van der Waals surface area contributed by atoms with E-state index in [9.17, 15) is 0 Å². The van der Waals surface area contributed by atoms with E-state index in [4.69, 9.17) is 0 Å². The lowest BCUT2D eigenvalue weighted by molar-refractivity contribution is 0.0250. The molecule has 1 saturated heterocycles. The van der Waals surface area contributed by atoms with Gasteiger partial charge in [0.2, 0.25) is 0 Å². The molecule has 1 aromatic heterocycles. The minimum atomic E-state index is 0.243. The molecule has 1 aliphatic carbocycles. The third-order valence-corrected chi connectivity index (χ3v) is 5.34. The van der Waals surface area contributed by atoms with Crippen LogP contribution in [-0.4, -0.2) is 45.4 Å². The van der Waals surface area contributed by atoms with E-state index in [0.717, 1.165) is 25.4 Å². The van der Waals surface area contributed by atoms with Crippen molar-refractivity contribution in [3.63, 3.8) is 0 Å². The van der Waals surface area contributed by atoms with Crippen molar-refractivity contribution in [3.8, 4) is 0 Å². The molecule has 4 nitrogen and oxygen atoms in total. The van der Waals surface area contributed by atoms with Gasteiger partial charge in [0.15, 0.2) is 0 Å². The monoisotopic (exact) mass is 276 g/mol. The number of rotatable bonds is 4. The molecule has 2 aliphatic rings. The second-order valence-electron chi connectivity index (χ2n) is 7.48. The molecule has 1 unspecified atom stereocenters. The van der Waals surface area contributed by atoms with Gasteiger partial charge in [0.05, 0.1) is 0 Å². The molecule has 4 heteroatoms. The van der Waals surface area contributed by atoms with Crippen molar-refractivity contribution in [2.75, 3.05) is 19.6 Å². The summed E-state index contributed by atoms with van der Waals surface area (Å²) in [6, 6.07) is 2.13. The summed E-state index contributed by atoms with van der Waals surface area (Å²) in [5, 5.41) is 8.09. The van der Waals surface area contributed by atoms with E-state index >= 15 is 0 Å². The Hall–Kier alpha value is -0.870. The van der Waals surface area contributed by atoms with Crippen LogP contribution >= 0.6 is 0 Å². The van der Waals surface area contributed by atoms with E-state index in [1.165, 1.54) is 25.1 Å². The Bertz CT molecular complexity index is 475. The molecule has 20 heavy (non-hydrogen) atoms. The zero-order valence-electron chi connectivity index (χ0n) is 13.3. The van der Waals surface area contributed by atoms with Crippen LogP contribution in [0.2, 0.25) is 0 Å². The van der Waals surface area contributed by atoms with Crippen LogP contribution in [0.5, 0.6) is 0 Å². The molecule has 0 amide bonds. The van der Waals surface area contributed by atoms with E-state index in [1.807, 2.05) is 17.9 Å². The lowest BCUT2D eigenvalue weighted by Crippen LogP contribution is -2.68. The number of aryl methyl sites for hydroxylation is 1. The van der Waals surface area contributed by atoms with Gasteiger partial charge < -0.3 is 5.32 Å².